The highest BCUT2D eigenvalue weighted by Gasteiger charge is 2.23. The molecule has 1 aromatic rings. The van der Waals surface area contributed by atoms with Crippen LogP contribution in [0.5, 0.6) is 0 Å². The SMILES string of the molecule is CC(C(=O)O)=C(C)C(=O)NC1CCSc2ccccc21. The van der Waals surface area contributed by atoms with Crippen LogP contribution in [0.2, 0.25) is 0 Å². The van der Waals surface area contributed by atoms with E-state index in [1.165, 1.54) is 11.8 Å². The standard InChI is InChI=1S/C15H17NO3S/c1-9(10(2)15(18)19)14(17)16-12-7-8-20-13-6-4-3-5-11(12)13/h3-6,12H,7-8H2,1-2H3,(H,16,17)(H,18,19). The van der Waals surface area contributed by atoms with Crippen LogP contribution in [0.15, 0.2) is 40.3 Å². The number of benzene rings is 1. The minimum absolute atomic E-state index is 0.0449. The van der Waals surface area contributed by atoms with Crippen LogP contribution in [0, 0.1) is 0 Å². The molecule has 0 saturated carbocycles. The third-order valence-electron chi connectivity index (χ3n) is 3.49. The molecule has 4 nitrogen and oxygen atoms in total. The molecule has 1 unspecified atom stereocenters. The van der Waals surface area contributed by atoms with Crippen LogP contribution < -0.4 is 5.32 Å². The second kappa shape index (κ2) is 6.13. The van der Waals surface area contributed by atoms with Crippen molar-refractivity contribution in [3.05, 3.63) is 41.0 Å². The van der Waals surface area contributed by atoms with Crippen molar-refractivity contribution < 1.29 is 14.7 Å². The Hall–Kier alpha value is -1.75. The number of carbonyl (C=O) groups excluding carboxylic acids is 1. The fourth-order valence-electron chi connectivity index (χ4n) is 2.09. The average Bonchev–Trinajstić information content (AvgIpc) is 2.46. The Morgan fingerprint density at radius 3 is 2.65 bits per heavy atom. The Morgan fingerprint density at radius 2 is 1.95 bits per heavy atom. The number of amides is 1. The van der Waals surface area contributed by atoms with E-state index < -0.39 is 5.97 Å². The number of thioether (sulfide) groups is 1. The van der Waals surface area contributed by atoms with Crippen molar-refractivity contribution in [3.8, 4) is 0 Å². The average molecular weight is 291 g/mol. The van der Waals surface area contributed by atoms with Gasteiger partial charge in [-0.1, -0.05) is 18.2 Å². The van der Waals surface area contributed by atoms with E-state index in [0.29, 0.717) is 0 Å². The lowest BCUT2D eigenvalue weighted by molar-refractivity contribution is -0.133. The Balaban J connectivity index is 2.18. The molecule has 0 spiro atoms. The summed E-state index contributed by atoms with van der Waals surface area (Å²) in [5, 5.41) is 11.9. The first-order valence-corrected chi connectivity index (χ1v) is 7.42. The molecule has 2 N–H and O–H groups in total. The van der Waals surface area contributed by atoms with E-state index in [1.54, 1.807) is 18.7 Å². The predicted molar refractivity (Wildman–Crippen MR) is 78.7 cm³/mol. The minimum Gasteiger partial charge on any atom is -0.478 e. The van der Waals surface area contributed by atoms with Crippen molar-refractivity contribution in [3.63, 3.8) is 0 Å². The molecule has 2 rings (SSSR count). The molecule has 0 aliphatic carbocycles. The van der Waals surface area contributed by atoms with Gasteiger partial charge in [0.1, 0.15) is 0 Å². The maximum absolute atomic E-state index is 12.1. The molecule has 1 aromatic carbocycles. The van der Waals surface area contributed by atoms with Crippen molar-refractivity contribution in [2.24, 2.45) is 0 Å². The normalized spacial score (nSPS) is 18.8. The van der Waals surface area contributed by atoms with Gasteiger partial charge in [-0.05, 0) is 31.9 Å². The zero-order chi connectivity index (χ0) is 14.7. The van der Waals surface area contributed by atoms with E-state index in [0.717, 1.165) is 17.7 Å². The molecule has 0 bridgehead atoms. The summed E-state index contributed by atoms with van der Waals surface area (Å²) in [4.78, 5) is 24.2. The van der Waals surface area contributed by atoms with Crippen LogP contribution in [0.1, 0.15) is 31.9 Å². The molecule has 1 heterocycles. The molecular weight excluding hydrogens is 274 g/mol. The summed E-state index contributed by atoms with van der Waals surface area (Å²) in [5.41, 5.74) is 1.45. The third kappa shape index (κ3) is 3.04. The van der Waals surface area contributed by atoms with Crippen LogP contribution >= 0.6 is 11.8 Å². The van der Waals surface area contributed by atoms with Crippen LogP contribution in [-0.4, -0.2) is 22.7 Å². The van der Waals surface area contributed by atoms with Gasteiger partial charge in [0.15, 0.2) is 0 Å². The highest BCUT2D eigenvalue weighted by Crippen LogP contribution is 2.35. The molecule has 0 aromatic heterocycles. The van der Waals surface area contributed by atoms with Crippen molar-refractivity contribution in [1.29, 1.82) is 0 Å². The first kappa shape index (κ1) is 14.7. The maximum Gasteiger partial charge on any atom is 0.331 e. The monoisotopic (exact) mass is 291 g/mol. The van der Waals surface area contributed by atoms with Gasteiger partial charge in [-0.3, -0.25) is 4.79 Å². The highest BCUT2D eigenvalue weighted by atomic mass is 32.2. The van der Waals surface area contributed by atoms with Crippen molar-refractivity contribution in [1.82, 2.24) is 5.32 Å². The number of hydrogen-bond acceptors (Lipinski definition) is 3. The summed E-state index contributed by atoms with van der Waals surface area (Å²) in [6.07, 6.45) is 0.854. The van der Waals surface area contributed by atoms with E-state index >= 15 is 0 Å². The highest BCUT2D eigenvalue weighted by molar-refractivity contribution is 7.99. The van der Waals surface area contributed by atoms with Gasteiger partial charge in [-0.15, -0.1) is 11.8 Å². The molecule has 106 valence electrons. The fraction of sp³-hybridized carbons (Fsp3) is 0.333. The largest absolute Gasteiger partial charge is 0.478 e. The summed E-state index contributed by atoms with van der Waals surface area (Å²) in [6, 6.07) is 7.95. The van der Waals surface area contributed by atoms with E-state index in [9.17, 15) is 9.59 Å². The Labute approximate surface area is 122 Å². The summed E-state index contributed by atoms with van der Waals surface area (Å²) in [7, 11) is 0. The van der Waals surface area contributed by atoms with Gasteiger partial charge in [-0.25, -0.2) is 4.79 Å². The number of carboxylic acids is 1. The van der Waals surface area contributed by atoms with Crippen LogP contribution in [0.4, 0.5) is 0 Å². The van der Waals surface area contributed by atoms with Crippen LogP contribution in [0.3, 0.4) is 0 Å². The zero-order valence-corrected chi connectivity index (χ0v) is 12.3. The topological polar surface area (TPSA) is 66.4 Å². The lowest BCUT2D eigenvalue weighted by Gasteiger charge is -2.26. The molecule has 0 saturated heterocycles. The summed E-state index contributed by atoms with van der Waals surface area (Å²) < 4.78 is 0. The van der Waals surface area contributed by atoms with Crippen LogP contribution in [-0.2, 0) is 9.59 Å². The lowest BCUT2D eigenvalue weighted by Crippen LogP contribution is -2.32. The maximum atomic E-state index is 12.1. The number of carbonyl (C=O) groups is 2. The molecule has 1 aliphatic rings. The van der Waals surface area contributed by atoms with Gasteiger partial charge in [0, 0.05) is 21.8 Å². The second-order valence-electron chi connectivity index (χ2n) is 4.76. The lowest BCUT2D eigenvalue weighted by atomic mass is 10.0. The number of rotatable bonds is 3. The second-order valence-corrected chi connectivity index (χ2v) is 5.89. The first-order valence-electron chi connectivity index (χ1n) is 6.44. The van der Waals surface area contributed by atoms with Gasteiger partial charge >= 0.3 is 5.97 Å². The molecule has 1 amide bonds. The summed E-state index contributed by atoms with van der Waals surface area (Å²) >= 11 is 1.78. The smallest absolute Gasteiger partial charge is 0.331 e. The van der Waals surface area contributed by atoms with E-state index in [1.807, 2.05) is 24.3 Å². The van der Waals surface area contributed by atoms with Gasteiger partial charge in [0.05, 0.1) is 6.04 Å². The van der Waals surface area contributed by atoms with Gasteiger partial charge in [0.25, 0.3) is 0 Å². The minimum atomic E-state index is -1.06. The van der Waals surface area contributed by atoms with Gasteiger partial charge in [0.2, 0.25) is 5.91 Å². The number of carboxylic acid groups (broad SMARTS) is 1. The van der Waals surface area contributed by atoms with Gasteiger partial charge < -0.3 is 10.4 Å². The zero-order valence-electron chi connectivity index (χ0n) is 11.5. The molecule has 0 fully saturated rings. The van der Waals surface area contributed by atoms with E-state index in [2.05, 4.69) is 5.32 Å². The summed E-state index contributed by atoms with van der Waals surface area (Å²) in [6.45, 7) is 2.99. The number of nitrogens with one attached hydrogen (secondary N) is 1. The van der Waals surface area contributed by atoms with Crippen molar-refractivity contribution in [2.45, 2.75) is 31.2 Å². The summed E-state index contributed by atoms with van der Waals surface area (Å²) in [5.74, 6) is -0.420. The van der Waals surface area contributed by atoms with Crippen molar-refractivity contribution >= 4 is 23.6 Å². The van der Waals surface area contributed by atoms with Crippen molar-refractivity contribution in [2.75, 3.05) is 5.75 Å². The van der Waals surface area contributed by atoms with Crippen LogP contribution in [0.25, 0.3) is 0 Å². The predicted octanol–water partition coefficient (Wildman–Crippen LogP) is 2.76. The number of fused-ring (bicyclic) bond motifs is 1. The fourth-order valence-corrected chi connectivity index (χ4v) is 3.21. The quantitative estimate of drug-likeness (QED) is 0.840. The van der Waals surface area contributed by atoms with Gasteiger partial charge in [-0.2, -0.15) is 0 Å². The Morgan fingerprint density at radius 1 is 1.25 bits per heavy atom. The van der Waals surface area contributed by atoms with E-state index in [-0.39, 0.29) is 23.1 Å². The first-order chi connectivity index (χ1) is 9.50. The third-order valence-corrected chi connectivity index (χ3v) is 4.61. The Bertz CT molecular complexity index is 580. The molecule has 1 atom stereocenters. The Kier molecular flexibility index (Phi) is 4.49. The molecule has 5 heteroatoms. The molecule has 1 aliphatic heterocycles. The molecule has 20 heavy (non-hydrogen) atoms. The van der Waals surface area contributed by atoms with E-state index in [4.69, 9.17) is 5.11 Å². The molecule has 0 radical (unpaired) electrons. The number of hydrogen-bond donors (Lipinski definition) is 2. The molecular formula is C15H17NO3S. The number of aliphatic carboxylic acids is 1.